The molecule has 0 radical (unpaired) electrons. The van der Waals surface area contributed by atoms with Gasteiger partial charge < -0.3 is 5.32 Å². The fraction of sp³-hybridized carbons (Fsp3) is 0.762. The number of unbranched alkanes of at least 4 members (excludes halogenated alkanes) is 8. The molecule has 0 aliphatic carbocycles. The third-order valence-electron chi connectivity index (χ3n) is 4.27. The maximum atomic E-state index is 11.6. The van der Waals surface area contributed by atoms with Gasteiger partial charge in [0.05, 0.1) is 12.3 Å². The molecule has 27 heavy (non-hydrogen) atoms. The Morgan fingerprint density at radius 2 is 1.48 bits per heavy atom. The normalized spacial score (nSPS) is 12.4. The second kappa shape index (κ2) is 18.4. The highest BCUT2D eigenvalue weighted by atomic mass is 32.2. The lowest BCUT2D eigenvalue weighted by molar-refractivity contribution is -0.118. The predicted molar refractivity (Wildman–Crippen MR) is 114 cm³/mol. The molecule has 0 aromatic carbocycles. The van der Waals surface area contributed by atoms with E-state index in [1.807, 2.05) is 0 Å². The van der Waals surface area contributed by atoms with E-state index in [-0.39, 0.29) is 24.6 Å². The lowest BCUT2D eigenvalue weighted by Gasteiger charge is -2.03. The summed E-state index contributed by atoms with van der Waals surface area (Å²) in [6.45, 7) is 2.50. The molecule has 0 saturated heterocycles. The van der Waals surface area contributed by atoms with E-state index in [0.717, 1.165) is 32.1 Å². The molecule has 0 aromatic heterocycles. The number of carbonyl (C=O) groups excluding carboxylic acids is 1. The van der Waals surface area contributed by atoms with Gasteiger partial charge in [0.2, 0.25) is 0 Å². The van der Waals surface area contributed by atoms with Crippen LogP contribution in [0.4, 0.5) is 0 Å². The minimum atomic E-state index is -3.95. The Morgan fingerprint density at radius 1 is 0.889 bits per heavy atom. The van der Waals surface area contributed by atoms with E-state index in [2.05, 4.69) is 36.5 Å². The molecule has 0 heterocycles. The van der Waals surface area contributed by atoms with Crippen molar-refractivity contribution in [3.63, 3.8) is 0 Å². The highest BCUT2D eigenvalue weighted by molar-refractivity contribution is 7.85. The van der Waals surface area contributed by atoms with Gasteiger partial charge >= 0.3 is 0 Å². The van der Waals surface area contributed by atoms with Crippen molar-refractivity contribution in [2.75, 3.05) is 18.8 Å². The fourth-order valence-electron chi connectivity index (χ4n) is 2.65. The first-order valence-electron chi connectivity index (χ1n) is 10.4. The Hall–Kier alpha value is -0.980. The van der Waals surface area contributed by atoms with Crippen LogP contribution >= 0.6 is 0 Å². The molecule has 6 heteroatoms. The van der Waals surface area contributed by atoms with Gasteiger partial charge in [-0.25, -0.2) is 0 Å². The minimum absolute atomic E-state index is 0.0935. The summed E-state index contributed by atoms with van der Waals surface area (Å²) in [6.07, 6.45) is 22.3. The monoisotopic (exact) mass is 401 g/mol. The van der Waals surface area contributed by atoms with Crippen molar-refractivity contribution in [1.29, 1.82) is 0 Å². The average molecular weight is 402 g/mol. The first-order chi connectivity index (χ1) is 13.0. The first kappa shape index (κ1) is 26.0. The highest BCUT2D eigenvalue weighted by Crippen LogP contribution is 2.08. The van der Waals surface area contributed by atoms with Crippen LogP contribution in [0, 0.1) is 0 Å². The molecule has 0 aromatic rings. The van der Waals surface area contributed by atoms with Crippen molar-refractivity contribution < 1.29 is 17.8 Å². The quantitative estimate of drug-likeness (QED) is 0.184. The highest BCUT2D eigenvalue weighted by Gasteiger charge is 2.05. The number of Topliss-reactive ketones (excluding diaryl/α,β-unsaturated/α-hetero) is 1. The van der Waals surface area contributed by atoms with Crippen LogP contribution in [0.1, 0.15) is 84.0 Å². The summed E-state index contributed by atoms with van der Waals surface area (Å²) in [7, 11) is -3.95. The van der Waals surface area contributed by atoms with Gasteiger partial charge in [-0.2, -0.15) is 8.42 Å². The van der Waals surface area contributed by atoms with Crippen LogP contribution in [0.15, 0.2) is 24.3 Å². The molecule has 0 spiro atoms. The molecule has 0 bridgehead atoms. The van der Waals surface area contributed by atoms with Crippen LogP contribution in [0.2, 0.25) is 0 Å². The summed E-state index contributed by atoms with van der Waals surface area (Å²) in [5.74, 6) is -0.264. The van der Waals surface area contributed by atoms with Crippen molar-refractivity contribution in [3.05, 3.63) is 24.3 Å². The molecule has 5 nitrogen and oxygen atoms in total. The van der Waals surface area contributed by atoms with Gasteiger partial charge in [-0.1, -0.05) is 63.3 Å². The predicted octanol–water partition coefficient (Wildman–Crippen LogP) is 4.85. The van der Waals surface area contributed by atoms with Crippen LogP contribution in [-0.2, 0) is 14.9 Å². The van der Waals surface area contributed by atoms with E-state index < -0.39 is 10.1 Å². The molecule has 0 atom stereocenters. The second-order valence-electron chi connectivity index (χ2n) is 6.98. The minimum Gasteiger partial charge on any atom is -0.309 e. The molecule has 2 N–H and O–H groups in total. The van der Waals surface area contributed by atoms with E-state index >= 15 is 0 Å². The van der Waals surface area contributed by atoms with Crippen molar-refractivity contribution in [2.45, 2.75) is 84.0 Å². The Morgan fingerprint density at radius 3 is 2.11 bits per heavy atom. The van der Waals surface area contributed by atoms with Crippen molar-refractivity contribution in [1.82, 2.24) is 5.32 Å². The van der Waals surface area contributed by atoms with E-state index in [4.69, 9.17) is 4.55 Å². The van der Waals surface area contributed by atoms with E-state index in [9.17, 15) is 13.2 Å². The van der Waals surface area contributed by atoms with Crippen LogP contribution < -0.4 is 5.32 Å². The smallest absolute Gasteiger partial charge is 0.266 e. The van der Waals surface area contributed by atoms with E-state index in [1.165, 1.54) is 38.5 Å². The van der Waals surface area contributed by atoms with Crippen LogP contribution in [0.3, 0.4) is 0 Å². The van der Waals surface area contributed by atoms with Gasteiger partial charge in [0.1, 0.15) is 5.78 Å². The number of rotatable bonds is 19. The van der Waals surface area contributed by atoms with Crippen molar-refractivity contribution >= 4 is 15.9 Å². The lowest BCUT2D eigenvalue weighted by Crippen LogP contribution is -2.28. The van der Waals surface area contributed by atoms with E-state index in [1.54, 1.807) is 0 Å². The zero-order chi connectivity index (χ0) is 20.2. The Balaban J connectivity index is 3.34. The number of allylic oxidation sites excluding steroid dienone is 4. The summed E-state index contributed by atoms with van der Waals surface area (Å²) < 4.78 is 29.6. The zero-order valence-electron chi connectivity index (χ0n) is 17.0. The SMILES string of the molecule is CCCCC/C=C\C/C=C\CCCCCCCC(=O)CNCCS(=O)(=O)O. The third-order valence-corrected chi connectivity index (χ3v) is 4.99. The van der Waals surface area contributed by atoms with Crippen molar-refractivity contribution in [2.24, 2.45) is 0 Å². The number of hydrogen-bond acceptors (Lipinski definition) is 4. The lowest BCUT2D eigenvalue weighted by atomic mass is 10.1. The maximum Gasteiger partial charge on any atom is 0.266 e. The fourth-order valence-corrected chi connectivity index (χ4v) is 3.05. The van der Waals surface area contributed by atoms with Crippen molar-refractivity contribution in [3.8, 4) is 0 Å². The Bertz CT molecular complexity index is 512. The van der Waals surface area contributed by atoms with Gasteiger partial charge in [0, 0.05) is 13.0 Å². The third kappa shape index (κ3) is 23.0. The standard InChI is InChI=1S/C21H39NO4S/c1-2-3-4-5-6-7-8-9-10-11-12-13-14-15-16-17-21(23)20-22-18-19-27(24,25)26/h6-7,9-10,22H,2-5,8,11-20H2,1H3,(H,24,25,26)/b7-6-,10-9-. The number of nitrogens with one attached hydrogen (secondary N) is 1. The largest absolute Gasteiger partial charge is 0.309 e. The molecule has 0 amide bonds. The summed E-state index contributed by atoms with van der Waals surface area (Å²) in [5.41, 5.74) is 0. The Kier molecular flexibility index (Phi) is 17.7. The molecule has 158 valence electrons. The molecule has 0 aliphatic heterocycles. The van der Waals surface area contributed by atoms with Crippen LogP contribution in [0.5, 0.6) is 0 Å². The molecular formula is C21H39NO4S. The molecule has 0 rings (SSSR count). The average Bonchev–Trinajstić information content (AvgIpc) is 2.61. The number of carbonyl (C=O) groups is 1. The van der Waals surface area contributed by atoms with Crippen LogP contribution in [-0.4, -0.2) is 37.6 Å². The summed E-state index contributed by atoms with van der Waals surface area (Å²) in [4.78, 5) is 11.6. The topological polar surface area (TPSA) is 83.5 Å². The maximum absolute atomic E-state index is 11.6. The summed E-state index contributed by atoms with van der Waals surface area (Å²) in [6, 6.07) is 0. The van der Waals surface area contributed by atoms with Crippen LogP contribution in [0.25, 0.3) is 0 Å². The second-order valence-corrected chi connectivity index (χ2v) is 8.55. The molecular weight excluding hydrogens is 362 g/mol. The zero-order valence-corrected chi connectivity index (χ0v) is 17.8. The number of ketones is 1. The van der Waals surface area contributed by atoms with E-state index in [0.29, 0.717) is 6.42 Å². The molecule has 0 unspecified atom stereocenters. The van der Waals surface area contributed by atoms with Gasteiger partial charge in [-0.15, -0.1) is 0 Å². The Labute approximate surface area is 166 Å². The summed E-state index contributed by atoms with van der Waals surface area (Å²) in [5, 5.41) is 2.74. The number of hydrogen-bond donors (Lipinski definition) is 2. The van der Waals surface area contributed by atoms with Gasteiger partial charge in [-0.05, 0) is 38.5 Å². The first-order valence-corrected chi connectivity index (χ1v) is 12.0. The molecule has 0 fully saturated rings. The summed E-state index contributed by atoms with van der Waals surface area (Å²) >= 11 is 0. The van der Waals surface area contributed by atoms with Gasteiger partial charge in [0.25, 0.3) is 10.1 Å². The molecule has 0 aliphatic rings. The molecule has 0 saturated carbocycles. The van der Waals surface area contributed by atoms with Gasteiger partial charge in [0.15, 0.2) is 0 Å². The van der Waals surface area contributed by atoms with Gasteiger partial charge in [-0.3, -0.25) is 9.35 Å².